The lowest BCUT2D eigenvalue weighted by Gasteiger charge is -2.31. The number of aromatic nitrogens is 2. The van der Waals surface area contributed by atoms with Crippen molar-refractivity contribution in [1.82, 2.24) is 14.9 Å². The molecular formula is C21H21FN4. The molecule has 1 atom stereocenters. The number of nitriles is 1. The molecule has 4 nitrogen and oxygen atoms in total. The van der Waals surface area contributed by atoms with Gasteiger partial charge >= 0.3 is 0 Å². The summed E-state index contributed by atoms with van der Waals surface area (Å²) < 4.78 is 14.4. The summed E-state index contributed by atoms with van der Waals surface area (Å²) >= 11 is 0. The number of piperidine rings is 1. The maximum absolute atomic E-state index is 14.4. The Morgan fingerprint density at radius 1 is 1.35 bits per heavy atom. The lowest BCUT2D eigenvalue weighted by Crippen LogP contribution is -2.34. The minimum Gasteiger partial charge on any atom is -0.342 e. The van der Waals surface area contributed by atoms with Gasteiger partial charge in [0.25, 0.3) is 0 Å². The molecule has 1 N–H and O–H groups in total. The molecule has 1 unspecified atom stereocenters. The first-order chi connectivity index (χ1) is 12.6. The highest BCUT2D eigenvalue weighted by molar-refractivity contribution is 5.75. The van der Waals surface area contributed by atoms with Crippen LogP contribution in [0.15, 0.2) is 36.4 Å². The third kappa shape index (κ3) is 3.21. The molecule has 1 aromatic heterocycles. The summed E-state index contributed by atoms with van der Waals surface area (Å²) in [6.07, 6.45) is 2.14. The van der Waals surface area contributed by atoms with Gasteiger partial charge in [0.2, 0.25) is 0 Å². The number of rotatable bonds is 3. The number of aromatic amines is 1. The van der Waals surface area contributed by atoms with Gasteiger partial charge in [-0.3, -0.25) is 4.90 Å². The summed E-state index contributed by atoms with van der Waals surface area (Å²) in [7, 11) is 0. The molecule has 4 rings (SSSR count). The molecule has 1 aliphatic heterocycles. The number of aryl methyl sites for hydroxylation is 1. The fourth-order valence-corrected chi connectivity index (χ4v) is 3.79. The number of imidazole rings is 1. The lowest BCUT2D eigenvalue weighted by atomic mass is 9.96. The minimum atomic E-state index is -0.392. The van der Waals surface area contributed by atoms with Crippen LogP contribution in [-0.4, -0.2) is 28.0 Å². The molecular weight excluding hydrogens is 327 g/mol. The number of H-pyrrole nitrogens is 1. The van der Waals surface area contributed by atoms with Gasteiger partial charge in [-0.2, -0.15) is 5.26 Å². The van der Waals surface area contributed by atoms with Crippen LogP contribution in [0.3, 0.4) is 0 Å². The van der Waals surface area contributed by atoms with Crippen LogP contribution >= 0.6 is 0 Å². The Hall–Kier alpha value is -2.71. The van der Waals surface area contributed by atoms with Gasteiger partial charge < -0.3 is 4.98 Å². The molecule has 0 spiro atoms. The number of fused-ring (bicyclic) bond motifs is 1. The predicted molar refractivity (Wildman–Crippen MR) is 99.2 cm³/mol. The van der Waals surface area contributed by atoms with E-state index in [0.29, 0.717) is 18.0 Å². The second-order valence-electron chi connectivity index (χ2n) is 7.11. The molecule has 0 saturated carbocycles. The van der Waals surface area contributed by atoms with Crippen LogP contribution in [0.5, 0.6) is 0 Å². The van der Waals surface area contributed by atoms with Gasteiger partial charge in [-0.1, -0.05) is 18.2 Å². The highest BCUT2D eigenvalue weighted by Gasteiger charge is 2.24. The molecule has 0 aliphatic carbocycles. The van der Waals surface area contributed by atoms with E-state index < -0.39 is 5.82 Å². The topological polar surface area (TPSA) is 55.7 Å². The summed E-state index contributed by atoms with van der Waals surface area (Å²) in [5, 5.41) is 9.01. The van der Waals surface area contributed by atoms with Crippen molar-refractivity contribution in [3.63, 3.8) is 0 Å². The molecule has 0 amide bonds. The second-order valence-corrected chi connectivity index (χ2v) is 7.11. The molecule has 2 aromatic carbocycles. The van der Waals surface area contributed by atoms with Crippen LogP contribution in [0.2, 0.25) is 0 Å². The molecule has 1 fully saturated rings. The molecule has 1 aliphatic rings. The third-order valence-electron chi connectivity index (χ3n) is 5.14. The SMILES string of the molecule is Cc1ccc2nc(C3CCCN(Cc4cccc(C#N)c4F)C3)[nH]c2c1. The average molecular weight is 348 g/mol. The van der Waals surface area contributed by atoms with E-state index in [2.05, 4.69) is 28.9 Å². The number of benzene rings is 2. The van der Waals surface area contributed by atoms with Crippen LogP contribution in [0.25, 0.3) is 11.0 Å². The molecule has 0 radical (unpaired) electrons. The van der Waals surface area contributed by atoms with Crippen molar-refractivity contribution >= 4 is 11.0 Å². The number of halogens is 1. The van der Waals surface area contributed by atoms with Crippen LogP contribution < -0.4 is 0 Å². The van der Waals surface area contributed by atoms with Crippen LogP contribution in [-0.2, 0) is 6.54 Å². The Kier molecular flexibility index (Phi) is 4.44. The largest absolute Gasteiger partial charge is 0.342 e. The monoisotopic (exact) mass is 348 g/mol. The normalized spacial score (nSPS) is 18.1. The zero-order valence-electron chi connectivity index (χ0n) is 14.8. The Labute approximate surface area is 152 Å². The van der Waals surface area contributed by atoms with Gasteiger partial charge in [0.15, 0.2) is 0 Å². The highest BCUT2D eigenvalue weighted by Crippen LogP contribution is 2.28. The standard InChI is InChI=1S/C21H21FN4/c1-14-7-8-18-19(10-14)25-21(24-18)17-6-3-9-26(13-17)12-16-5-2-4-15(11-23)20(16)22/h2,4-5,7-8,10,17H,3,6,9,12-13H2,1H3,(H,24,25). The van der Waals surface area contributed by atoms with Crippen molar-refractivity contribution < 1.29 is 4.39 Å². The minimum absolute atomic E-state index is 0.115. The summed E-state index contributed by atoms with van der Waals surface area (Å²) in [6, 6.07) is 13.2. The molecule has 3 aromatic rings. The van der Waals surface area contributed by atoms with E-state index in [1.807, 2.05) is 12.1 Å². The fraction of sp³-hybridized carbons (Fsp3) is 0.333. The zero-order valence-corrected chi connectivity index (χ0v) is 14.8. The van der Waals surface area contributed by atoms with Gasteiger partial charge in [-0.25, -0.2) is 9.37 Å². The van der Waals surface area contributed by atoms with Crippen LogP contribution in [0.1, 0.15) is 41.3 Å². The summed E-state index contributed by atoms with van der Waals surface area (Å²) in [4.78, 5) is 10.5. The van der Waals surface area contributed by atoms with Gasteiger partial charge in [0.05, 0.1) is 16.6 Å². The lowest BCUT2D eigenvalue weighted by molar-refractivity contribution is 0.195. The van der Waals surface area contributed by atoms with Crippen LogP contribution in [0.4, 0.5) is 4.39 Å². The third-order valence-corrected chi connectivity index (χ3v) is 5.14. The number of hydrogen-bond acceptors (Lipinski definition) is 3. The van der Waals surface area contributed by atoms with Crippen LogP contribution in [0, 0.1) is 24.1 Å². The van der Waals surface area contributed by atoms with Crippen molar-refractivity contribution in [2.75, 3.05) is 13.1 Å². The van der Waals surface area contributed by atoms with Gasteiger partial charge in [0.1, 0.15) is 17.7 Å². The molecule has 1 saturated heterocycles. The van der Waals surface area contributed by atoms with Crippen molar-refractivity contribution in [2.24, 2.45) is 0 Å². The maximum Gasteiger partial charge on any atom is 0.145 e. The Balaban J connectivity index is 1.53. The zero-order chi connectivity index (χ0) is 18.1. The Morgan fingerprint density at radius 3 is 3.08 bits per heavy atom. The quantitative estimate of drug-likeness (QED) is 0.769. The summed E-state index contributed by atoms with van der Waals surface area (Å²) in [5.74, 6) is 0.941. The average Bonchev–Trinajstić information content (AvgIpc) is 3.07. The van der Waals surface area contributed by atoms with Crippen molar-refractivity contribution in [3.8, 4) is 6.07 Å². The first-order valence-electron chi connectivity index (χ1n) is 9.00. The van der Waals surface area contributed by atoms with Gasteiger partial charge in [-0.15, -0.1) is 0 Å². The van der Waals surface area contributed by atoms with E-state index >= 15 is 0 Å². The van der Waals surface area contributed by atoms with E-state index in [1.165, 1.54) is 11.6 Å². The molecule has 2 heterocycles. The molecule has 5 heteroatoms. The molecule has 0 bridgehead atoms. The second kappa shape index (κ2) is 6.89. The predicted octanol–water partition coefficient (Wildman–Crippen LogP) is 4.26. The number of nitrogens with zero attached hydrogens (tertiary/aromatic N) is 3. The summed E-state index contributed by atoms with van der Waals surface area (Å²) in [5.41, 5.74) is 3.99. The maximum atomic E-state index is 14.4. The first kappa shape index (κ1) is 16.7. The Morgan fingerprint density at radius 2 is 2.23 bits per heavy atom. The highest BCUT2D eigenvalue weighted by atomic mass is 19.1. The van der Waals surface area contributed by atoms with E-state index in [-0.39, 0.29) is 5.56 Å². The van der Waals surface area contributed by atoms with Crippen molar-refractivity contribution in [3.05, 3.63) is 64.7 Å². The summed E-state index contributed by atoms with van der Waals surface area (Å²) in [6.45, 7) is 4.38. The van der Waals surface area contributed by atoms with E-state index in [1.54, 1.807) is 12.1 Å². The Bertz CT molecular complexity index is 985. The van der Waals surface area contributed by atoms with E-state index in [4.69, 9.17) is 10.2 Å². The van der Waals surface area contributed by atoms with E-state index in [9.17, 15) is 4.39 Å². The fourth-order valence-electron chi connectivity index (χ4n) is 3.79. The first-order valence-corrected chi connectivity index (χ1v) is 9.00. The number of likely N-dealkylation sites (tertiary alicyclic amines) is 1. The molecule has 26 heavy (non-hydrogen) atoms. The van der Waals surface area contributed by atoms with Crippen molar-refractivity contribution in [2.45, 2.75) is 32.2 Å². The van der Waals surface area contributed by atoms with Crippen molar-refractivity contribution in [1.29, 1.82) is 5.26 Å². The van der Waals surface area contributed by atoms with Gasteiger partial charge in [-0.05, 0) is 50.1 Å². The van der Waals surface area contributed by atoms with E-state index in [0.717, 1.165) is 42.8 Å². The smallest absolute Gasteiger partial charge is 0.145 e. The molecule has 132 valence electrons. The van der Waals surface area contributed by atoms with Gasteiger partial charge in [0, 0.05) is 24.6 Å². The number of nitrogens with one attached hydrogen (secondary N) is 1. The number of hydrogen-bond donors (Lipinski definition) is 1.